The molecule has 1 atom stereocenters. The Kier molecular flexibility index (Phi) is 2.65. The second kappa shape index (κ2) is 3.53. The van der Waals surface area contributed by atoms with E-state index in [1.807, 2.05) is 0 Å². The lowest BCUT2D eigenvalue weighted by Gasteiger charge is -2.07. The zero-order valence-electron chi connectivity index (χ0n) is 6.44. The molecule has 1 heterocycles. The van der Waals surface area contributed by atoms with Gasteiger partial charge in [0, 0.05) is 0 Å². The van der Waals surface area contributed by atoms with Crippen LogP contribution in [0.15, 0.2) is 6.33 Å². The van der Waals surface area contributed by atoms with Gasteiger partial charge in [0.25, 0.3) is 0 Å². The Balaban J connectivity index is 2.87. The maximum Gasteiger partial charge on any atom is 0.328 e. The average Bonchev–Trinajstić information content (AvgIpc) is 2.37. The van der Waals surface area contributed by atoms with Crippen LogP contribution in [0.25, 0.3) is 0 Å². The van der Waals surface area contributed by atoms with Crippen LogP contribution in [0, 0.1) is 0 Å². The van der Waals surface area contributed by atoms with Crippen LogP contribution in [0.5, 0.6) is 0 Å². The van der Waals surface area contributed by atoms with Gasteiger partial charge in [-0.1, -0.05) is 6.92 Å². The van der Waals surface area contributed by atoms with Crippen molar-refractivity contribution >= 4 is 17.6 Å². The summed E-state index contributed by atoms with van der Waals surface area (Å²) in [6, 6.07) is -0.676. The Morgan fingerprint density at radius 3 is 2.92 bits per heavy atom. The predicted molar refractivity (Wildman–Crippen MR) is 42.0 cm³/mol. The standard InChI is InChI=1S/C6H8ClN3O2/c1-2-4(5(11)12)10-3-8-6(7)9-10/h3-4H,2H2,1H3,(H,11,12)/t4-/m1/s1. The molecular weight excluding hydrogens is 182 g/mol. The molecule has 0 amide bonds. The molecule has 0 bridgehead atoms. The van der Waals surface area contributed by atoms with Crippen molar-refractivity contribution in [3.63, 3.8) is 0 Å². The van der Waals surface area contributed by atoms with Gasteiger partial charge in [-0.3, -0.25) is 0 Å². The largest absolute Gasteiger partial charge is 0.480 e. The number of hydrogen-bond acceptors (Lipinski definition) is 3. The molecule has 5 nitrogen and oxygen atoms in total. The van der Waals surface area contributed by atoms with E-state index in [4.69, 9.17) is 16.7 Å². The molecule has 1 N–H and O–H groups in total. The molecule has 0 aliphatic rings. The molecule has 1 rings (SSSR count). The summed E-state index contributed by atoms with van der Waals surface area (Å²) in [5.41, 5.74) is 0. The second-order valence-electron chi connectivity index (χ2n) is 2.26. The topological polar surface area (TPSA) is 68.0 Å². The summed E-state index contributed by atoms with van der Waals surface area (Å²) in [5, 5.41) is 12.5. The highest BCUT2D eigenvalue weighted by Gasteiger charge is 2.18. The van der Waals surface area contributed by atoms with Crippen molar-refractivity contribution in [2.24, 2.45) is 0 Å². The number of rotatable bonds is 3. The van der Waals surface area contributed by atoms with Crippen molar-refractivity contribution in [1.82, 2.24) is 14.8 Å². The van der Waals surface area contributed by atoms with Crippen LogP contribution in [-0.2, 0) is 4.79 Å². The minimum Gasteiger partial charge on any atom is -0.480 e. The Labute approximate surface area is 74.0 Å². The first-order valence-corrected chi connectivity index (χ1v) is 3.82. The van der Waals surface area contributed by atoms with Gasteiger partial charge in [-0.15, -0.1) is 5.10 Å². The van der Waals surface area contributed by atoms with Gasteiger partial charge in [0.15, 0.2) is 6.04 Å². The Bertz CT molecular complexity index is 286. The summed E-state index contributed by atoms with van der Waals surface area (Å²) in [7, 11) is 0. The highest BCUT2D eigenvalue weighted by atomic mass is 35.5. The van der Waals surface area contributed by atoms with Gasteiger partial charge in [0.05, 0.1) is 0 Å². The van der Waals surface area contributed by atoms with Crippen LogP contribution in [0.2, 0.25) is 5.28 Å². The van der Waals surface area contributed by atoms with Gasteiger partial charge in [0.2, 0.25) is 5.28 Å². The summed E-state index contributed by atoms with van der Waals surface area (Å²) >= 11 is 5.43. The van der Waals surface area contributed by atoms with Crippen molar-refractivity contribution in [1.29, 1.82) is 0 Å². The lowest BCUT2D eigenvalue weighted by molar-refractivity contribution is -0.141. The summed E-state index contributed by atoms with van der Waals surface area (Å²) < 4.78 is 1.24. The van der Waals surface area contributed by atoms with E-state index in [9.17, 15) is 4.79 Å². The summed E-state index contributed by atoms with van der Waals surface area (Å²) in [6.45, 7) is 1.76. The predicted octanol–water partition coefficient (Wildman–Crippen LogP) is 0.967. The summed E-state index contributed by atoms with van der Waals surface area (Å²) in [6.07, 6.45) is 1.76. The molecule has 0 radical (unpaired) electrons. The molecule has 0 spiro atoms. The Hall–Kier alpha value is -1.10. The number of hydrogen-bond donors (Lipinski definition) is 1. The molecule has 0 aliphatic carbocycles. The molecule has 0 saturated heterocycles. The van der Waals surface area contributed by atoms with Crippen molar-refractivity contribution in [2.45, 2.75) is 19.4 Å². The molecule has 0 unspecified atom stereocenters. The third kappa shape index (κ3) is 1.73. The summed E-state index contributed by atoms with van der Waals surface area (Å²) in [4.78, 5) is 14.2. The molecular formula is C6H8ClN3O2. The van der Waals surface area contributed by atoms with E-state index in [0.29, 0.717) is 6.42 Å². The number of carboxylic acid groups (broad SMARTS) is 1. The van der Waals surface area contributed by atoms with Gasteiger partial charge in [-0.25, -0.2) is 14.5 Å². The van der Waals surface area contributed by atoms with Crippen LogP contribution < -0.4 is 0 Å². The minimum atomic E-state index is -0.931. The fourth-order valence-corrected chi connectivity index (χ4v) is 1.01. The van der Waals surface area contributed by atoms with Gasteiger partial charge < -0.3 is 5.11 Å². The van der Waals surface area contributed by atoms with Crippen molar-refractivity contribution in [3.05, 3.63) is 11.6 Å². The zero-order chi connectivity index (χ0) is 9.14. The zero-order valence-corrected chi connectivity index (χ0v) is 7.19. The molecule has 1 aromatic rings. The SMILES string of the molecule is CC[C@H](C(=O)O)n1cnc(Cl)n1. The summed E-state index contributed by atoms with van der Waals surface area (Å²) in [5.74, 6) is -0.931. The third-order valence-electron chi connectivity index (χ3n) is 1.47. The number of nitrogens with zero attached hydrogens (tertiary/aromatic N) is 3. The van der Waals surface area contributed by atoms with E-state index in [1.165, 1.54) is 11.0 Å². The molecule has 0 fully saturated rings. The van der Waals surface area contributed by atoms with E-state index in [-0.39, 0.29) is 5.28 Å². The molecule has 0 saturated carbocycles. The van der Waals surface area contributed by atoms with Crippen molar-refractivity contribution in [2.75, 3.05) is 0 Å². The number of aliphatic carboxylic acids is 1. The lowest BCUT2D eigenvalue weighted by Crippen LogP contribution is -2.18. The molecule has 12 heavy (non-hydrogen) atoms. The first-order chi connectivity index (χ1) is 5.65. The van der Waals surface area contributed by atoms with Crippen LogP contribution in [0.4, 0.5) is 0 Å². The molecule has 66 valence electrons. The first kappa shape index (κ1) is 8.99. The minimum absolute atomic E-state index is 0.0645. The average molecular weight is 190 g/mol. The molecule has 6 heteroatoms. The van der Waals surface area contributed by atoms with Gasteiger partial charge in [-0.2, -0.15) is 0 Å². The maximum atomic E-state index is 10.6. The van der Waals surface area contributed by atoms with Gasteiger partial charge >= 0.3 is 5.97 Å². The Morgan fingerprint density at radius 2 is 2.58 bits per heavy atom. The third-order valence-corrected chi connectivity index (χ3v) is 1.64. The van der Waals surface area contributed by atoms with Crippen molar-refractivity contribution in [3.8, 4) is 0 Å². The van der Waals surface area contributed by atoms with Crippen LogP contribution in [0.3, 0.4) is 0 Å². The van der Waals surface area contributed by atoms with E-state index in [2.05, 4.69) is 10.1 Å². The fraction of sp³-hybridized carbons (Fsp3) is 0.500. The van der Waals surface area contributed by atoms with E-state index < -0.39 is 12.0 Å². The van der Waals surface area contributed by atoms with E-state index >= 15 is 0 Å². The van der Waals surface area contributed by atoms with Crippen LogP contribution in [-0.4, -0.2) is 25.8 Å². The van der Waals surface area contributed by atoms with Crippen LogP contribution in [0.1, 0.15) is 19.4 Å². The van der Waals surface area contributed by atoms with E-state index in [0.717, 1.165) is 0 Å². The quantitative estimate of drug-likeness (QED) is 0.769. The van der Waals surface area contributed by atoms with Gasteiger partial charge in [0.1, 0.15) is 6.33 Å². The normalized spacial score (nSPS) is 12.8. The van der Waals surface area contributed by atoms with Gasteiger partial charge in [-0.05, 0) is 18.0 Å². The number of carboxylic acids is 1. The molecule has 0 aliphatic heterocycles. The second-order valence-corrected chi connectivity index (χ2v) is 2.59. The monoisotopic (exact) mass is 189 g/mol. The smallest absolute Gasteiger partial charge is 0.328 e. The number of aromatic nitrogens is 3. The van der Waals surface area contributed by atoms with Crippen molar-refractivity contribution < 1.29 is 9.90 Å². The number of carbonyl (C=O) groups is 1. The maximum absolute atomic E-state index is 10.6. The van der Waals surface area contributed by atoms with Crippen LogP contribution >= 0.6 is 11.6 Å². The highest BCUT2D eigenvalue weighted by Crippen LogP contribution is 2.10. The molecule has 0 aromatic carbocycles. The molecule has 1 aromatic heterocycles. The highest BCUT2D eigenvalue weighted by molar-refractivity contribution is 6.28. The fourth-order valence-electron chi connectivity index (χ4n) is 0.879. The first-order valence-electron chi connectivity index (χ1n) is 3.44. The Morgan fingerprint density at radius 1 is 1.92 bits per heavy atom. The number of halogens is 1. The lowest BCUT2D eigenvalue weighted by atomic mass is 10.2. The van der Waals surface area contributed by atoms with E-state index in [1.54, 1.807) is 6.92 Å².